The lowest BCUT2D eigenvalue weighted by molar-refractivity contribution is 0.601. The minimum absolute atomic E-state index is 0.0689. The van der Waals surface area contributed by atoms with Crippen LogP contribution in [0.25, 0.3) is 0 Å². The normalized spacial score (nSPS) is 12.6. The van der Waals surface area contributed by atoms with E-state index in [2.05, 4.69) is 25.3 Å². The molecular formula is C25H19ClN6O2S. The number of aryl methyl sites for hydroxylation is 2. The molecule has 0 saturated carbocycles. The van der Waals surface area contributed by atoms with E-state index in [-0.39, 0.29) is 10.5 Å². The standard InChI is InChI=1S/C25H19ClN6O2S/c26-21-15-28-25-30-19-6-3-4-16(12-19)8-9-17-13-20(29-24(21)31-25)10-11-22(17)32-35(33,34)23-7-2-1-5-18(23)14-27/h1-7,10-13,15,32H,8-9H2,(H2,28,29,30,31). The van der Waals surface area contributed by atoms with Crippen molar-refractivity contribution in [3.8, 4) is 6.07 Å². The van der Waals surface area contributed by atoms with Gasteiger partial charge in [0.15, 0.2) is 5.82 Å². The number of benzene rings is 3. The smallest absolute Gasteiger partial charge is 0.263 e. The van der Waals surface area contributed by atoms with Crippen molar-refractivity contribution in [2.24, 2.45) is 0 Å². The van der Waals surface area contributed by atoms with Crippen molar-refractivity contribution in [3.05, 3.63) is 94.6 Å². The SMILES string of the molecule is N#Cc1ccccc1S(=O)(=O)Nc1ccc2cc1CCc1cccc(c1)Nc1ncc(Cl)c(n1)N2. The quantitative estimate of drug-likeness (QED) is 0.343. The first kappa shape index (κ1) is 22.7. The second-order valence-electron chi connectivity index (χ2n) is 7.93. The van der Waals surface area contributed by atoms with Gasteiger partial charge in [-0.3, -0.25) is 4.72 Å². The molecule has 0 spiro atoms. The third kappa shape index (κ3) is 4.89. The average Bonchev–Trinajstić information content (AvgIpc) is 2.86. The van der Waals surface area contributed by atoms with Crippen LogP contribution in [0.2, 0.25) is 5.02 Å². The monoisotopic (exact) mass is 502 g/mol. The van der Waals surface area contributed by atoms with E-state index >= 15 is 0 Å². The largest absolute Gasteiger partial charge is 0.339 e. The molecule has 0 unspecified atom stereocenters. The Morgan fingerprint density at radius 2 is 1.80 bits per heavy atom. The zero-order valence-electron chi connectivity index (χ0n) is 18.3. The van der Waals surface area contributed by atoms with E-state index in [0.29, 0.717) is 41.0 Å². The van der Waals surface area contributed by atoms with E-state index in [1.165, 1.54) is 18.3 Å². The maximum Gasteiger partial charge on any atom is 0.263 e. The maximum absolute atomic E-state index is 13.2. The van der Waals surface area contributed by atoms with Crippen LogP contribution >= 0.6 is 11.6 Å². The highest BCUT2D eigenvalue weighted by molar-refractivity contribution is 7.92. The molecule has 0 radical (unpaired) electrons. The van der Waals surface area contributed by atoms with Crippen LogP contribution in [0.1, 0.15) is 16.7 Å². The van der Waals surface area contributed by atoms with Gasteiger partial charge in [-0.1, -0.05) is 35.9 Å². The van der Waals surface area contributed by atoms with Crippen LogP contribution in [0.15, 0.2) is 77.8 Å². The molecule has 5 rings (SSSR count). The predicted molar refractivity (Wildman–Crippen MR) is 136 cm³/mol. The van der Waals surface area contributed by atoms with Gasteiger partial charge >= 0.3 is 0 Å². The van der Waals surface area contributed by atoms with E-state index in [4.69, 9.17) is 11.6 Å². The molecule has 10 heteroatoms. The second kappa shape index (κ2) is 9.25. The van der Waals surface area contributed by atoms with Crippen molar-refractivity contribution in [3.63, 3.8) is 0 Å². The lowest BCUT2D eigenvalue weighted by atomic mass is 10.0. The number of hydrogen-bond acceptors (Lipinski definition) is 7. The first-order chi connectivity index (χ1) is 16.9. The Morgan fingerprint density at radius 1 is 0.971 bits per heavy atom. The number of aromatic nitrogens is 2. The van der Waals surface area contributed by atoms with E-state index in [1.54, 1.807) is 24.3 Å². The number of nitrogens with one attached hydrogen (secondary N) is 3. The van der Waals surface area contributed by atoms with Gasteiger partial charge in [-0.15, -0.1) is 0 Å². The molecule has 35 heavy (non-hydrogen) atoms. The summed E-state index contributed by atoms with van der Waals surface area (Å²) in [5, 5.41) is 16.1. The first-order valence-electron chi connectivity index (χ1n) is 10.7. The van der Waals surface area contributed by atoms with Crippen molar-refractivity contribution >= 4 is 50.5 Å². The molecule has 8 nitrogen and oxygen atoms in total. The van der Waals surface area contributed by atoms with Crippen LogP contribution < -0.4 is 15.4 Å². The number of nitriles is 1. The molecule has 6 bridgehead atoms. The molecule has 3 N–H and O–H groups in total. The molecular weight excluding hydrogens is 484 g/mol. The van der Waals surface area contributed by atoms with Gasteiger partial charge in [-0.25, -0.2) is 13.4 Å². The lowest BCUT2D eigenvalue weighted by Crippen LogP contribution is -2.16. The predicted octanol–water partition coefficient (Wildman–Crippen LogP) is 5.39. The van der Waals surface area contributed by atoms with Crippen LogP contribution in [0.4, 0.5) is 28.8 Å². The van der Waals surface area contributed by atoms with Gasteiger partial charge in [0.1, 0.15) is 16.0 Å². The summed E-state index contributed by atoms with van der Waals surface area (Å²) in [5.41, 5.74) is 3.87. The summed E-state index contributed by atoms with van der Waals surface area (Å²) in [6, 6.07) is 21.2. The number of fused-ring (bicyclic) bond motifs is 6. The molecule has 4 aromatic rings. The van der Waals surface area contributed by atoms with Crippen molar-refractivity contribution in [1.29, 1.82) is 5.26 Å². The van der Waals surface area contributed by atoms with Crippen molar-refractivity contribution < 1.29 is 8.42 Å². The highest BCUT2D eigenvalue weighted by Gasteiger charge is 2.20. The van der Waals surface area contributed by atoms with E-state index in [9.17, 15) is 13.7 Å². The zero-order chi connectivity index (χ0) is 24.4. The molecule has 0 amide bonds. The number of rotatable bonds is 3. The Bertz CT molecular complexity index is 1580. The van der Waals surface area contributed by atoms with Crippen LogP contribution in [0.3, 0.4) is 0 Å². The number of halogens is 1. The average molecular weight is 503 g/mol. The summed E-state index contributed by atoms with van der Waals surface area (Å²) in [6.07, 6.45) is 2.74. The number of hydrogen-bond donors (Lipinski definition) is 3. The fourth-order valence-corrected chi connectivity index (χ4v) is 5.23. The molecule has 0 fully saturated rings. The summed E-state index contributed by atoms with van der Waals surface area (Å²) < 4.78 is 29.0. The molecule has 1 aromatic heterocycles. The van der Waals surface area contributed by atoms with E-state index in [0.717, 1.165) is 16.8 Å². The van der Waals surface area contributed by atoms with Crippen molar-refractivity contribution in [1.82, 2.24) is 9.97 Å². The van der Waals surface area contributed by atoms with Gasteiger partial charge in [0, 0.05) is 11.4 Å². The third-order valence-corrected chi connectivity index (χ3v) is 7.22. The molecule has 2 heterocycles. The van der Waals surface area contributed by atoms with Gasteiger partial charge in [0.25, 0.3) is 10.0 Å². The molecule has 1 aliphatic heterocycles. The summed E-state index contributed by atoms with van der Waals surface area (Å²) >= 11 is 6.31. The molecule has 0 saturated heterocycles. The van der Waals surface area contributed by atoms with E-state index in [1.807, 2.05) is 36.4 Å². The van der Waals surface area contributed by atoms with Gasteiger partial charge in [-0.05, 0) is 66.4 Å². The molecule has 174 valence electrons. The maximum atomic E-state index is 13.2. The topological polar surface area (TPSA) is 120 Å². The van der Waals surface area contributed by atoms with Crippen LogP contribution in [0.5, 0.6) is 0 Å². The Hall–Kier alpha value is -4.13. The third-order valence-electron chi connectivity index (χ3n) is 5.52. The summed E-state index contributed by atoms with van der Waals surface area (Å²) in [7, 11) is -3.98. The Kier molecular flexibility index (Phi) is 5.99. The summed E-state index contributed by atoms with van der Waals surface area (Å²) in [4.78, 5) is 8.65. The molecule has 3 aromatic carbocycles. The lowest BCUT2D eigenvalue weighted by Gasteiger charge is -2.16. The fourth-order valence-electron chi connectivity index (χ4n) is 3.84. The zero-order valence-corrected chi connectivity index (χ0v) is 19.9. The number of nitrogens with zero attached hydrogens (tertiary/aromatic N) is 3. The van der Waals surface area contributed by atoms with E-state index < -0.39 is 10.0 Å². The van der Waals surface area contributed by atoms with Gasteiger partial charge < -0.3 is 10.6 Å². The van der Waals surface area contributed by atoms with Crippen LogP contribution in [-0.4, -0.2) is 18.4 Å². The van der Waals surface area contributed by atoms with Gasteiger partial charge in [0.05, 0.1) is 17.4 Å². The molecule has 0 atom stereocenters. The number of anilines is 5. The second-order valence-corrected chi connectivity index (χ2v) is 9.98. The van der Waals surface area contributed by atoms with Crippen molar-refractivity contribution in [2.45, 2.75) is 17.7 Å². The Morgan fingerprint density at radius 3 is 2.66 bits per heavy atom. The Labute approximate surface area is 207 Å². The molecule has 0 aliphatic carbocycles. The summed E-state index contributed by atoms with van der Waals surface area (Å²) in [6.45, 7) is 0. The van der Waals surface area contributed by atoms with Crippen LogP contribution in [0, 0.1) is 11.3 Å². The first-order valence-corrected chi connectivity index (χ1v) is 12.6. The summed E-state index contributed by atoms with van der Waals surface area (Å²) in [5.74, 6) is 0.816. The molecule has 1 aliphatic rings. The highest BCUT2D eigenvalue weighted by Crippen LogP contribution is 2.30. The minimum atomic E-state index is -3.98. The number of sulfonamides is 1. The van der Waals surface area contributed by atoms with Crippen LogP contribution in [-0.2, 0) is 22.9 Å². The minimum Gasteiger partial charge on any atom is -0.339 e. The van der Waals surface area contributed by atoms with Gasteiger partial charge in [-0.2, -0.15) is 10.2 Å². The van der Waals surface area contributed by atoms with Crippen molar-refractivity contribution in [2.75, 3.05) is 15.4 Å². The fraction of sp³-hybridized carbons (Fsp3) is 0.0800. The Balaban J connectivity index is 1.57. The van der Waals surface area contributed by atoms with Gasteiger partial charge in [0.2, 0.25) is 5.95 Å². The highest BCUT2D eigenvalue weighted by atomic mass is 35.5.